The number of hydrogen-bond donors (Lipinski definition) is 0. The Hall–Kier alpha value is -2.03. The van der Waals surface area contributed by atoms with Gasteiger partial charge in [-0.15, -0.1) is 11.3 Å². The molecule has 8 heteroatoms. The van der Waals surface area contributed by atoms with E-state index in [-0.39, 0.29) is 12.1 Å². The molecular weight excluding hydrogens is 326 g/mol. The Morgan fingerprint density at radius 2 is 2.38 bits per heavy atom. The van der Waals surface area contributed by atoms with Crippen molar-refractivity contribution in [2.45, 2.75) is 25.6 Å². The van der Waals surface area contributed by atoms with Crippen LogP contribution in [0.15, 0.2) is 40.5 Å². The lowest BCUT2D eigenvalue weighted by Gasteiger charge is -2.35. The van der Waals surface area contributed by atoms with Gasteiger partial charge in [0.25, 0.3) is 0 Å². The van der Waals surface area contributed by atoms with Crippen molar-refractivity contribution in [3.8, 4) is 10.7 Å². The smallest absolute Gasteiger partial charge is 0.244 e. The highest BCUT2D eigenvalue weighted by molar-refractivity contribution is 7.13. The molecule has 3 aromatic heterocycles. The first-order chi connectivity index (χ1) is 11.8. The molecule has 126 valence electrons. The highest BCUT2D eigenvalue weighted by atomic mass is 32.1. The van der Waals surface area contributed by atoms with Gasteiger partial charge in [0.1, 0.15) is 0 Å². The molecule has 0 aromatic carbocycles. The number of hydrogen-bond acceptors (Lipinski definition) is 7. The SMILES string of the molecule is CC(c1nc(-c2cccs2)no1)N1CCOC(Cn2cccn2)C1. The lowest BCUT2D eigenvalue weighted by atomic mass is 10.2. The molecule has 4 rings (SSSR count). The lowest BCUT2D eigenvalue weighted by Crippen LogP contribution is -2.45. The summed E-state index contributed by atoms with van der Waals surface area (Å²) in [4.78, 5) is 7.91. The van der Waals surface area contributed by atoms with Crippen LogP contribution < -0.4 is 0 Å². The predicted molar refractivity (Wildman–Crippen MR) is 89.6 cm³/mol. The van der Waals surface area contributed by atoms with Crippen molar-refractivity contribution in [2.75, 3.05) is 19.7 Å². The molecular formula is C16H19N5O2S. The van der Waals surface area contributed by atoms with Gasteiger partial charge in [-0.3, -0.25) is 9.58 Å². The molecule has 0 bridgehead atoms. The molecule has 1 aliphatic heterocycles. The maximum absolute atomic E-state index is 5.86. The quantitative estimate of drug-likeness (QED) is 0.707. The van der Waals surface area contributed by atoms with E-state index in [1.54, 1.807) is 17.5 Å². The van der Waals surface area contributed by atoms with Gasteiger partial charge in [-0.2, -0.15) is 10.1 Å². The van der Waals surface area contributed by atoms with Crippen LogP contribution in [0.1, 0.15) is 18.9 Å². The van der Waals surface area contributed by atoms with Crippen LogP contribution in [0.25, 0.3) is 10.7 Å². The van der Waals surface area contributed by atoms with Crippen LogP contribution in [-0.4, -0.2) is 50.6 Å². The fraction of sp³-hybridized carbons (Fsp3) is 0.438. The Morgan fingerprint density at radius 3 is 3.17 bits per heavy atom. The van der Waals surface area contributed by atoms with Gasteiger partial charge < -0.3 is 9.26 Å². The van der Waals surface area contributed by atoms with Crippen molar-refractivity contribution in [3.63, 3.8) is 0 Å². The van der Waals surface area contributed by atoms with Crippen LogP contribution in [0.4, 0.5) is 0 Å². The minimum absolute atomic E-state index is 0.0650. The van der Waals surface area contributed by atoms with E-state index in [4.69, 9.17) is 9.26 Å². The molecule has 0 amide bonds. The standard InChI is InChI=1S/C16H19N5O2S/c1-12(16-18-15(19-23-16)14-4-2-9-24-14)20-7-8-22-13(10-20)11-21-6-3-5-17-21/h2-6,9,12-13H,7-8,10-11H2,1H3. The summed E-state index contributed by atoms with van der Waals surface area (Å²) < 4.78 is 13.3. The molecule has 24 heavy (non-hydrogen) atoms. The Kier molecular flexibility index (Phi) is 4.42. The average Bonchev–Trinajstić information content (AvgIpc) is 3.35. The molecule has 1 saturated heterocycles. The summed E-state index contributed by atoms with van der Waals surface area (Å²) in [5.41, 5.74) is 0. The van der Waals surface area contributed by atoms with Crippen molar-refractivity contribution >= 4 is 11.3 Å². The first kappa shape index (κ1) is 15.5. The lowest BCUT2D eigenvalue weighted by molar-refractivity contribution is -0.0532. The molecule has 0 spiro atoms. The summed E-state index contributed by atoms with van der Waals surface area (Å²) in [6.45, 7) is 5.22. The van der Waals surface area contributed by atoms with E-state index in [1.165, 1.54) is 0 Å². The summed E-state index contributed by atoms with van der Waals surface area (Å²) in [6.07, 6.45) is 3.85. The van der Waals surface area contributed by atoms with Crippen molar-refractivity contribution in [1.29, 1.82) is 0 Å². The Balaban J connectivity index is 1.43. The minimum atomic E-state index is 0.0650. The zero-order chi connectivity index (χ0) is 16.4. The van der Waals surface area contributed by atoms with Crippen molar-refractivity contribution in [3.05, 3.63) is 41.9 Å². The van der Waals surface area contributed by atoms with Gasteiger partial charge in [0.2, 0.25) is 11.7 Å². The Bertz CT molecular complexity index is 755. The largest absolute Gasteiger partial charge is 0.374 e. The third kappa shape index (κ3) is 3.26. The summed E-state index contributed by atoms with van der Waals surface area (Å²) in [5, 5.41) is 10.4. The van der Waals surface area contributed by atoms with Gasteiger partial charge in [0.05, 0.1) is 30.2 Å². The van der Waals surface area contributed by atoms with Crippen molar-refractivity contribution in [2.24, 2.45) is 0 Å². The second kappa shape index (κ2) is 6.84. The van der Waals surface area contributed by atoms with Gasteiger partial charge in [-0.05, 0) is 24.4 Å². The number of ether oxygens (including phenoxy) is 1. The number of aromatic nitrogens is 4. The van der Waals surface area contributed by atoms with E-state index in [0.29, 0.717) is 18.3 Å². The van der Waals surface area contributed by atoms with E-state index < -0.39 is 0 Å². The van der Waals surface area contributed by atoms with E-state index in [1.807, 2.05) is 34.5 Å². The number of thiophene rings is 1. The van der Waals surface area contributed by atoms with Crippen molar-refractivity contribution < 1.29 is 9.26 Å². The van der Waals surface area contributed by atoms with Crippen molar-refractivity contribution in [1.82, 2.24) is 24.8 Å². The Morgan fingerprint density at radius 1 is 1.42 bits per heavy atom. The van der Waals surface area contributed by atoms with Crippen LogP contribution in [0.2, 0.25) is 0 Å². The van der Waals surface area contributed by atoms with Crippen LogP contribution >= 0.6 is 11.3 Å². The average molecular weight is 345 g/mol. The zero-order valence-corrected chi connectivity index (χ0v) is 14.2. The third-order valence-corrected chi connectivity index (χ3v) is 5.07. The predicted octanol–water partition coefficient (Wildman–Crippen LogP) is 2.46. The normalized spacial score (nSPS) is 20.3. The van der Waals surface area contributed by atoms with Gasteiger partial charge in [-0.1, -0.05) is 11.2 Å². The maximum Gasteiger partial charge on any atom is 0.244 e. The molecule has 1 fully saturated rings. The molecule has 4 heterocycles. The summed E-state index contributed by atoms with van der Waals surface area (Å²) in [6, 6.07) is 5.98. The molecule has 7 nitrogen and oxygen atoms in total. The van der Waals surface area contributed by atoms with Gasteiger partial charge >= 0.3 is 0 Å². The molecule has 1 aliphatic rings. The minimum Gasteiger partial charge on any atom is -0.374 e. The molecule has 0 aliphatic carbocycles. The molecule has 0 saturated carbocycles. The molecule has 3 aromatic rings. The van der Waals surface area contributed by atoms with Gasteiger partial charge in [0, 0.05) is 25.5 Å². The van der Waals surface area contributed by atoms with Crippen LogP contribution in [-0.2, 0) is 11.3 Å². The van der Waals surface area contributed by atoms with E-state index in [9.17, 15) is 0 Å². The van der Waals surface area contributed by atoms with Crippen LogP contribution in [0.5, 0.6) is 0 Å². The number of nitrogens with zero attached hydrogens (tertiary/aromatic N) is 5. The summed E-state index contributed by atoms with van der Waals surface area (Å²) in [7, 11) is 0. The second-order valence-corrected chi connectivity index (χ2v) is 6.77. The highest BCUT2D eigenvalue weighted by Crippen LogP contribution is 2.26. The topological polar surface area (TPSA) is 69.2 Å². The van der Waals surface area contributed by atoms with E-state index in [0.717, 1.165) is 24.5 Å². The Labute approximate surface area is 143 Å². The van der Waals surface area contributed by atoms with Crippen LogP contribution in [0.3, 0.4) is 0 Å². The molecule has 0 radical (unpaired) electrons. The molecule has 2 unspecified atom stereocenters. The maximum atomic E-state index is 5.86. The van der Waals surface area contributed by atoms with E-state index >= 15 is 0 Å². The molecule has 2 atom stereocenters. The summed E-state index contributed by atoms with van der Waals surface area (Å²) >= 11 is 1.61. The highest BCUT2D eigenvalue weighted by Gasteiger charge is 2.28. The first-order valence-electron chi connectivity index (χ1n) is 8.00. The van der Waals surface area contributed by atoms with Gasteiger partial charge in [-0.25, -0.2) is 0 Å². The molecule has 0 N–H and O–H groups in total. The monoisotopic (exact) mass is 345 g/mol. The fourth-order valence-corrected chi connectivity index (χ4v) is 3.54. The van der Waals surface area contributed by atoms with E-state index in [2.05, 4.69) is 27.1 Å². The zero-order valence-electron chi connectivity index (χ0n) is 13.4. The van der Waals surface area contributed by atoms with Crippen LogP contribution in [0, 0.1) is 0 Å². The number of morpholine rings is 1. The third-order valence-electron chi connectivity index (χ3n) is 4.21. The summed E-state index contributed by atoms with van der Waals surface area (Å²) in [5.74, 6) is 1.31. The number of rotatable bonds is 5. The fourth-order valence-electron chi connectivity index (χ4n) is 2.89. The first-order valence-corrected chi connectivity index (χ1v) is 8.88. The van der Waals surface area contributed by atoms with Gasteiger partial charge in [0.15, 0.2) is 0 Å². The second-order valence-electron chi connectivity index (χ2n) is 5.83.